The minimum atomic E-state index is 0. The molecule has 0 saturated carbocycles. The SMILES string of the molecule is Cl.N#Cc1ccc(C2CC3CCC2N3)cc1. The van der Waals surface area contributed by atoms with Gasteiger partial charge in [0.1, 0.15) is 0 Å². The van der Waals surface area contributed by atoms with Crippen molar-refractivity contribution in [2.45, 2.75) is 37.3 Å². The molecule has 2 fully saturated rings. The second kappa shape index (κ2) is 4.45. The first kappa shape index (κ1) is 11.4. The number of rotatable bonds is 1. The maximum Gasteiger partial charge on any atom is 0.0991 e. The summed E-state index contributed by atoms with van der Waals surface area (Å²) in [5, 5.41) is 12.4. The Bertz CT molecular complexity index is 407. The standard InChI is InChI=1S/C13H14N2.ClH/c14-8-9-1-3-10(4-2-9)12-7-11-5-6-13(12)15-11;/h1-4,11-13,15H,5-7H2;1H. The Morgan fingerprint density at radius 1 is 1.19 bits per heavy atom. The molecule has 16 heavy (non-hydrogen) atoms. The fourth-order valence-corrected chi connectivity index (χ4v) is 3.00. The lowest BCUT2D eigenvalue weighted by atomic mass is 9.84. The van der Waals surface area contributed by atoms with Gasteiger partial charge in [-0.05, 0) is 37.0 Å². The summed E-state index contributed by atoms with van der Waals surface area (Å²) in [6.45, 7) is 0. The summed E-state index contributed by atoms with van der Waals surface area (Å²) in [4.78, 5) is 0. The van der Waals surface area contributed by atoms with Crippen molar-refractivity contribution in [3.8, 4) is 6.07 Å². The lowest BCUT2D eigenvalue weighted by Crippen LogP contribution is -2.21. The van der Waals surface area contributed by atoms with E-state index < -0.39 is 0 Å². The molecule has 3 rings (SSSR count). The highest BCUT2D eigenvalue weighted by molar-refractivity contribution is 5.85. The van der Waals surface area contributed by atoms with Crippen molar-refractivity contribution in [1.29, 1.82) is 5.26 Å². The number of nitrogens with one attached hydrogen (secondary N) is 1. The number of nitrogens with zero attached hydrogens (tertiary/aromatic N) is 1. The van der Waals surface area contributed by atoms with Crippen molar-refractivity contribution in [3.63, 3.8) is 0 Å². The molecule has 0 spiro atoms. The van der Waals surface area contributed by atoms with Crippen LogP contribution in [0, 0.1) is 11.3 Å². The van der Waals surface area contributed by atoms with E-state index in [1.807, 2.05) is 12.1 Å². The van der Waals surface area contributed by atoms with Gasteiger partial charge in [-0.15, -0.1) is 12.4 Å². The summed E-state index contributed by atoms with van der Waals surface area (Å²) in [7, 11) is 0. The van der Waals surface area contributed by atoms with Gasteiger partial charge in [0.2, 0.25) is 0 Å². The van der Waals surface area contributed by atoms with Crippen molar-refractivity contribution in [1.82, 2.24) is 5.32 Å². The zero-order chi connectivity index (χ0) is 10.3. The topological polar surface area (TPSA) is 35.8 Å². The van der Waals surface area contributed by atoms with Crippen LogP contribution in [-0.2, 0) is 0 Å². The van der Waals surface area contributed by atoms with Crippen LogP contribution in [0.3, 0.4) is 0 Å². The molecule has 84 valence electrons. The van der Waals surface area contributed by atoms with Crippen LogP contribution in [0.2, 0.25) is 0 Å². The first-order chi connectivity index (χ1) is 7.36. The van der Waals surface area contributed by atoms with Crippen LogP contribution in [0.25, 0.3) is 0 Å². The van der Waals surface area contributed by atoms with Gasteiger partial charge >= 0.3 is 0 Å². The molecule has 2 aliphatic heterocycles. The molecular weight excluding hydrogens is 220 g/mol. The highest BCUT2D eigenvalue weighted by Gasteiger charge is 2.39. The van der Waals surface area contributed by atoms with E-state index in [2.05, 4.69) is 23.5 Å². The van der Waals surface area contributed by atoms with Crippen LogP contribution < -0.4 is 5.32 Å². The van der Waals surface area contributed by atoms with Crippen molar-refractivity contribution in [2.24, 2.45) is 0 Å². The van der Waals surface area contributed by atoms with Crippen LogP contribution >= 0.6 is 12.4 Å². The van der Waals surface area contributed by atoms with Crippen molar-refractivity contribution >= 4 is 12.4 Å². The third-order valence-corrected chi connectivity index (χ3v) is 3.77. The van der Waals surface area contributed by atoms with Gasteiger partial charge in [-0.2, -0.15) is 5.26 Å². The minimum Gasteiger partial charge on any atom is -0.311 e. The zero-order valence-electron chi connectivity index (χ0n) is 9.02. The Kier molecular flexibility index (Phi) is 3.18. The van der Waals surface area contributed by atoms with Gasteiger partial charge in [0, 0.05) is 18.0 Å². The third kappa shape index (κ3) is 1.81. The van der Waals surface area contributed by atoms with Crippen LogP contribution in [0.1, 0.15) is 36.3 Å². The Hall–Kier alpha value is -1.04. The molecule has 2 nitrogen and oxygen atoms in total. The van der Waals surface area contributed by atoms with Crippen molar-refractivity contribution in [2.75, 3.05) is 0 Å². The first-order valence-corrected chi connectivity index (χ1v) is 5.63. The van der Waals surface area contributed by atoms with Gasteiger partial charge in [0.05, 0.1) is 11.6 Å². The molecular formula is C13H15ClN2. The normalized spacial score (nSPS) is 30.8. The van der Waals surface area contributed by atoms with Gasteiger partial charge in [-0.3, -0.25) is 0 Å². The molecule has 3 heteroatoms. The third-order valence-electron chi connectivity index (χ3n) is 3.77. The summed E-state index contributed by atoms with van der Waals surface area (Å²) in [6, 6.07) is 11.7. The fraction of sp³-hybridized carbons (Fsp3) is 0.462. The molecule has 2 saturated heterocycles. The minimum absolute atomic E-state index is 0. The van der Waals surface area contributed by atoms with E-state index >= 15 is 0 Å². The number of hydrogen-bond donors (Lipinski definition) is 1. The molecule has 2 heterocycles. The largest absolute Gasteiger partial charge is 0.311 e. The monoisotopic (exact) mass is 234 g/mol. The first-order valence-electron chi connectivity index (χ1n) is 5.63. The second-order valence-electron chi connectivity index (χ2n) is 4.62. The van der Waals surface area contributed by atoms with E-state index in [1.165, 1.54) is 24.8 Å². The van der Waals surface area contributed by atoms with E-state index in [4.69, 9.17) is 5.26 Å². The predicted molar refractivity (Wildman–Crippen MR) is 65.7 cm³/mol. The number of halogens is 1. The quantitative estimate of drug-likeness (QED) is 0.811. The average molecular weight is 235 g/mol. The Balaban J connectivity index is 0.000000963. The molecule has 3 unspecified atom stereocenters. The molecule has 3 atom stereocenters. The molecule has 0 amide bonds. The van der Waals surface area contributed by atoms with Crippen LogP contribution in [0.15, 0.2) is 24.3 Å². The lowest BCUT2D eigenvalue weighted by Gasteiger charge is -2.20. The van der Waals surface area contributed by atoms with Crippen molar-refractivity contribution < 1.29 is 0 Å². The number of nitriles is 1. The van der Waals surface area contributed by atoms with E-state index in [-0.39, 0.29) is 12.4 Å². The second-order valence-corrected chi connectivity index (χ2v) is 4.62. The highest BCUT2D eigenvalue weighted by atomic mass is 35.5. The van der Waals surface area contributed by atoms with E-state index in [9.17, 15) is 0 Å². The molecule has 0 radical (unpaired) electrons. The zero-order valence-corrected chi connectivity index (χ0v) is 9.83. The van der Waals surface area contributed by atoms with E-state index in [0.29, 0.717) is 12.0 Å². The number of hydrogen-bond acceptors (Lipinski definition) is 2. The predicted octanol–water partition coefficient (Wildman–Crippen LogP) is 2.59. The van der Waals surface area contributed by atoms with Crippen LogP contribution in [-0.4, -0.2) is 12.1 Å². The molecule has 2 bridgehead atoms. The van der Waals surface area contributed by atoms with Crippen molar-refractivity contribution in [3.05, 3.63) is 35.4 Å². The number of fused-ring (bicyclic) bond motifs is 2. The summed E-state index contributed by atoms with van der Waals surface area (Å²) >= 11 is 0. The molecule has 1 N–H and O–H groups in total. The summed E-state index contributed by atoms with van der Waals surface area (Å²) in [5.41, 5.74) is 2.16. The summed E-state index contributed by atoms with van der Waals surface area (Å²) < 4.78 is 0. The van der Waals surface area contributed by atoms with Crippen LogP contribution in [0.5, 0.6) is 0 Å². The van der Waals surface area contributed by atoms with E-state index in [1.54, 1.807) is 0 Å². The summed E-state index contributed by atoms with van der Waals surface area (Å²) in [5.74, 6) is 0.677. The maximum atomic E-state index is 8.74. The summed E-state index contributed by atoms with van der Waals surface area (Å²) in [6.07, 6.45) is 3.93. The van der Waals surface area contributed by atoms with Gasteiger partial charge in [0.25, 0.3) is 0 Å². The fourth-order valence-electron chi connectivity index (χ4n) is 3.00. The van der Waals surface area contributed by atoms with Gasteiger partial charge in [-0.1, -0.05) is 12.1 Å². The molecule has 0 aromatic heterocycles. The van der Waals surface area contributed by atoms with Crippen LogP contribution in [0.4, 0.5) is 0 Å². The lowest BCUT2D eigenvalue weighted by molar-refractivity contribution is 0.506. The average Bonchev–Trinajstić information content (AvgIpc) is 2.91. The van der Waals surface area contributed by atoms with E-state index in [0.717, 1.165) is 11.6 Å². The Morgan fingerprint density at radius 2 is 1.94 bits per heavy atom. The van der Waals surface area contributed by atoms with Gasteiger partial charge in [0.15, 0.2) is 0 Å². The molecule has 2 aliphatic rings. The number of benzene rings is 1. The Labute approximate surface area is 102 Å². The molecule has 1 aromatic rings. The smallest absolute Gasteiger partial charge is 0.0991 e. The Morgan fingerprint density at radius 3 is 2.44 bits per heavy atom. The maximum absolute atomic E-state index is 8.74. The molecule has 1 aromatic carbocycles. The van der Waals surface area contributed by atoms with Gasteiger partial charge in [-0.25, -0.2) is 0 Å². The molecule has 0 aliphatic carbocycles. The highest BCUT2D eigenvalue weighted by Crippen LogP contribution is 2.39. The van der Waals surface area contributed by atoms with Gasteiger partial charge < -0.3 is 5.32 Å².